The lowest BCUT2D eigenvalue weighted by Gasteiger charge is -2.44. The van der Waals surface area contributed by atoms with Gasteiger partial charge in [-0.15, -0.1) is 0 Å². The maximum Gasteiger partial charge on any atom is 0.254 e. The number of ether oxygens (including phenoxy) is 2. The topological polar surface area (TPSA) is 90.1 Å². The van der Waals surface area contributed by atoms with E-state index in [1.165, 1.54) is 12.1 Å². The lowest BCUT2D eigenvalue weighted by molar-refractivity contribution is -0.121. The highest BCUT2D eigenvalue weighted by Gasteiger charge is 2.33. The number of piperazine rings is 1. The normalized spacial score (nSPS) is 24.9. The summed E-state index contributed by atoms with van der Waals surface area (Å²) in [6.45, 7) is 10.2. The van der Waals surface area contributed by atoms with Crippen molar-refractivity contribution in [3.63, 3.8) is 0 Å². The van der Waals surface area contributed by atoms with E-state index in [2.05, 4.69) is 33.9 Å². The molecule has 0 spiro atoms. The number of amides is 1. The molecule has 5 rings (SSSR count). The molecule has 2 fully saturated rings. The van der Waals surface area contributed by atoms with Crippen molar-refractivity contribution < 1.29 is 18.7 Å². The first kappa shape index (κ1) is 25.8. The Hall–Kier alpha value is -2.79. The summed E-state index contributed by atoms with van der Waals surface area (Å²) < 4.78 is 24.6. The third kappa shape index (κ3) is 6.04. The number of H-pyrrole nitrogens is 1. The number of aromatic nitrogens is 1. The van der Waals surface area contributed by atoms with Crippen LogP contribution in [0, 0.1) is 5.82 Å². The molecule has 0 radical (unpaired) electrons. The van der Waals surface area contributed by atoms with E-state index in [9.17, 15) is 14.0 Å². The van der Waals surface area contributed by atoms with Crippen molar-refractivity contribution in [1.29, 1.82) is 0 Å². The lowest BCUT2D eigenvalue weighted by atomic mass is 10.1. The number of anilines is 1. The number of rotatable bonds is 6. The Morgan fingerprint density at radius 1 is 1.14 bits per heavy atom. The SMILES string of the molecule is C[C@@H]1CN(CC(=O)N2CCOc3[nH]c(=O)c(Cc4ccc(F)cc4)cc32)[C@@H](CN2CCOC[C@H]2C)CN1. The summed E-state index contributed by atoms with van der Waals surface area (Å²) in [5, 5.41) is 3.57. The number of benzene rings is 1. The number of fused-ring (bicyclic) bond motifs is 1. The van der Waals surface area contributed by atoms with Crippen LogP contribution in [0.4, 0.5) is 10.1 Å². The maximum absolute atomic E-state index is 13.7. The van der Waals surface area contributed by atoms with Crippen LogP contribution in [-0.4, -0.2) is 97.9 Å². The van der Waals surface area contributed by atoms with Crippen LogP contribution in [0.1, 0.15) is 25.0 Å². The van der Waals surface area contributed by atoms with Gasteiger partial charge in [-0.3, -0.25) is 24.4 Å². The van der Waals surface area contributed by atoms with Gasteiger partial charge in [-0.05, 0) is 37.6 Å². The molecule has 37 heavy (non-hydrogen) atoms. The predicted octanol–water partition coefficient (Wildman–Crippen LogP) is 1.21. The molecular formula is C27H36FN5O4. The molecule has 3 aliphatic rings. The number of morpholine rings is 1. The second kappa shape index (κ2) is 11.3. The minimum absolute atomic E-state index is 0.0153. The minimum atomic E-state index is -0.322. The van der Waals surface area contributed by atoms with Gasteiger partial charge in [0.2, 0.25) is 11.8 Å². The Labute approximate surface area is 216 Å². The molecule has 1 aromatic heterocycles. The quantitative estimate of drug-likeness (QED) is 0.600. The summed E-state index contributed by atoms with van der Waals surface area (Å²) in [5.74, 6) is -0.0184. The van der Waals surface area contributed by atoms with Gasteiger partial charge in [0, 0.05) is 56.3 Å². The molecule has 3 aliphatic heterocycles. The zero-order valence-corrected chi connectivity index (χ0v) is 21.5. The van der Waals surface area contributed by atoms with Gasteiger partial charge in [-0.1, -0.05) is 12.1 Å². The first-order chi connectivity index (χ1) is 17.9. The fourth-order valence-corrected chi connectivity index (χ4v) is 5.39. The first-order valence-corrected chi connectivity index (χ1v) is 13.1. The van der Waals surface area contributed by atoms with E-state index in [-0.39, 0.29) is 23.3 Å². The largest absolute Gasteiger partial charge is 0.476 e. The Kier molecular flexibility index (Phi) is 7.89. The maximum atomic E-state index is 13.7. The highest BCUT2D eigenvalue weighted by Crippen LogP contribution is 2.30. The second-order valence-corrected chi connectivity index (χ2v) is 10.3. The summed E-state index contributed by atoms with van der Waals surface area (Å²) in [6.07, 6.45) is 0.333. The number of hydrogen-bond acceptors (Lipinski definition) is 7. The standard InChI is InChI=1S/C27H36FN5O4/c1-18-14-32(23(13-29-18)15-31-7-9-36-17-19(31)2)16-25(34)33-8-10-37-27-24(33)12-21(26(35)30-27)11-20-3-5-22(28)6-4-20/h3-6,12,18-19,23,29H,7-11,13-17H2,1-2H3,(H,30,35)/t18-,19-,23-/m1/s1. The fraction of sp³-hybridized carbons (Fsp3) is 0.556. The van der Waals surface area contributed by atoms with Crippen molar-refractivity contribution in [2.45, 2.75) is 38.4 Å². The predicted molar refractivity (Wildman–Crippen MR) is 139 cm³/mol. The number of nitrogens with one attached hydrogen (secondary N) is 2. The number of carbonyl (C=O) groups excluding carboxylic acids is 1. The number of hydrogen-bond donors (Lipinski definition) is 2. The monoisotopic (exact) mass is 513 g/mol. The average molecular weight is 514 g/mol. The Morgan fingerprint density at radius 3 is 2.73 bits per heavy atom. The zero-order chi connectivity index (χ0) is 25.9. The van der Waals surface area contributed by atoms with Crippen molar-refractivity contribution in [3.8, 4) is 5.88 Å². The van der Waals surface area contributed by atoms with E-state index in [1.54, 1.807) is 23.1 Å². The summed E-state index contributed by atoms with van der Waals surface area (Å²) in [5.41, 5.74) is 1.63. The Bertz CT molecular complexity index is 1160. The number of halogens is 1. The summed E-state index contributed by atoms with van der Waals surface area (Å²) in [4.78, 5) is 35.6. The van der Waals surface area contributed by atoms with Crippen molar-refractivity contribution in [2.75, 3.05) is 64.0 Å². The van der Waals surface area contributed by atoms with Crippen LogP contribution < -0.4 is 20.5 Å². The molecule has 0 unspecified atom stereocenters. The van der Waals surface area contributed by atoms with Crippen LogP contribution in [0.3, 0.4) is 0 Å². The van der Waals surface area contributed by atoms with Gasteiger partial charge in [0.05, 0.1) is 26.3 Å². The molecule has 1 amide bonds. The number of pyridine rings is 1. The average Bonchev–Trinajstić information content (AvgIpc) is 2.88. The molecule has 2 saturated heterocycles. The third-order valence-electron chi connectivity index (χ3n) is 7.54. The van der Waals surface area contributed by atoms with Crippen LogP contribution in [-0.2, 0) is 16.0 Å². The molecule has 0 saturated carbocycles. The van der Waals surface area contributed by atoms with E-state index in [0.717, 1.165) is 45.0 Å². The summed E-state index contributed by atoms with van der Waals surface area (Å²) in [7, 11) is 0. The molecule has 0 aliphatic carbocycles. The van der Waals surface area contributed by atoms with E-state index in [1.807, 2.05) is 0 Å². The van der Waals surface area contributed by atoms with Crippen molar-refractivity contribution in [3.05, 3.63) is 57.6 Å². The summed E-state index contributed by atoms with van der Waals surface area (Å²) >= 11 is 0. The molecule has 1 aromatic carbocycles. The van der Waals surface area contributed by atoms with Gasteiger partial charge < -0.3 is 19.7 Å². The molecule has 2 N–H and O–H groups in total. The number of nitrogens with zero attached hydrogens (tertiary/aromatic N) is 3. The van der Waals surface area contributed by atoms with Crippen LogP contribution >= 0.6 is 0 Å². The number of aromatic amines is 1. The molecule has 200 valence electrons. The molecule has 4 heterocycles. The number of carbonyl (C=O) groups is 1. The molecule has 3 atom stereocenters. The third-order valence-corrected chi connectivity index (χ3v) is 7.54. The van der Waals surface area contributed by atoms with Crippen LogP contribution in [0.15, 0.2) is 35.1 Å². The van der Waals surface area contributed by atoms with Gasteiger partial charge in [-0.2, -0.15) is 0 Å². The van der Waals surface area contributed by atoms with E-state index in [4.69, 9.17) is 9.47 Å². The molecule has 9 nitrogen and oxygen atoms in total. The van der Waals surface area contributed by atoms with E-state index in [0.29, 0.717) is 55.3 Å². The van der Waals surface area contributed by atoms with Crippen LogP contribution in [0.25, 0.3) is 0 Å². The van der Waals surface area contributed by atoms with Gasteiger partial charge in [0.25, 0.3) is 5.56 Å². The van der Waals surface area contributed by atoms with Crippen molar-refractivity contribution in [2.24, 2.45) is 0 Å². The lowest BCUT2D eigenvalue weighted by Crippen LogP contribution is -2.62. The van der Waals surface area contributed by atoms with Crippen molar-refractivity contribution in [1.82, 2.24) is 20.1 Å². The Balaban J connectivity index is 1.33. The second-order valence-electron chi connectivity index (χ2n) is 10.3. The molecule has 10 heteroatoms. The molecule has 2 aromatic rings. The minimum Gasteiger partial charge on any atom is -0.476 e. The highest BCUT2D eigenvalue weighted by molar-refractivity contribution is 5.96. The molecular weight excluding hydrogens is 477 g/mol. The first-order valence-electron chi connectivity index (χ1n) is 13.1. The summed E-state index contributed by atoms with van der Waals surface area (Å²) in [6, 6.07) is 8.68. The highest BCUT2D eigenvalue weighted by atomic mass is 19.1. The van der Waals surface area contributed by atoms with Gasteiger partial charge in [0.1, 0.15) is 18.1 Å². The van der Waals surface area contributed by atoms with Gasteiger partial charge >= 0.3 is 0 Å². The fourth-order valence-electron chi connectivity index (χ4n) is 5.39. The van der Waals surface area contributed by atoms with Crippen LogP contribution in [0.5, 0.6) is 5.88 Å². The zero-order valence-electron chi connectivity index (χ0n) is 21.5. The van der Waals surface area contributed by atoms with Gasteiger partial charge in [-0.25, -0.2) is 4.39 Å². The van der Waals surface area contributed by atoms with E-state index >= 15 is 0 Å². The van der Waals surface area contributed by atoms with Gasteiger partial charge in [0.15, 0.2) is 0 Å². The van der Waals surface area contributed by atoms with Crippen molar-refractivity contribution >= 4 is 11.6 Å². The molecule has 0 bridgehead atoms. The Morgan fingerprint density at radius 2 is 1.95 bits per heavy atom. The smallest absolute Gasteiger partial charge is 0.254 e. The van der Waals surface area contributed by atoms with E-state index < -0.39 is 0 Å². The van der Waals surface area contributed by atoms with Crippen LogP contribution in [0.2, 0.25) is 0 Å².